The maximum absolute atomic E-state index is 12.6. The molecular weight excluding hydrogens is 372 g/mol. The highest BCUT2D eigenvalue weighted by Crippen LogP contribution is 2.26. The van der Waals surface area contributed by atoms with Crippen LogP contribution in [0.4, 0.5) is 11.8 Å². The number of nitrogens with two attached hydrogens (primary N) is 1. The summed E-state index contributed by atoms with van der Waals surface area (Å²) in [4.78, 5) is 29.4. The van der Waals surface area contributed by atoms with Gasteiger partial charge in [-0.2, -0.15) is 4.98 Å². The fourth-order valence-corrected chi connectivity index (χ4v) is 3.47. The molecule has 1 aliphatic heterocycles. The molecule has 29 heavy (non-hydrogen) atoms. The van der Waals surface area contributed by atoms with Gasteiger partial charge < -0.3 is 25.7 Å². The largest absolute Gasteiger partial charge is 0.392 e. The summed E-state index contributed by atoms with van der Waals surface area (Å²) in [6.07, 6.45) is 1.61. The summed E-state index contributed by atoms with van der Waals surface area (Å²) in [7, 11) is 0. The Morgan fingerprint density at radius 2 is 1.76 bits per heavy atom. The molecule has 1 aliphatic rings. The molecule has 1 aromatic carbocycles. The van der Waals surface area contributed by atoms with Gasteiger partial charge in [-0.3, -0.25) is 9.78 Å². The van der Waals surface area contributed by atoms with E-state index in [0.717, 1.165) is 0 Å². The molecule has 0 radical (unpaired) electrons. The predicted molar refractivity (Wildman–Crippen MR) is 108 cm³/mol. The van der Waals surface area contributed by atoms with Crippen LogP contribution in [0.1, 0.15) is 21.6 Å². The van der Waals surface area contributed by atoms with Gasteiger partial charge in [0.15, 0.2) is 0 Å². The molecule has 4 N–H and O–H groups in total. The standard InChI is InChI=1S/C20H22N6O3/c21-18-15-9-13(11-27)14(12-28)10-17(15)23-20(24-18)26-7-5-25(6-8-26)19(29)16-3-1-2-4-22-16/h1-4,9-10,27-28H,5-8,11-12H2,(H2,21,23,24). The van der Waals surface area contributed by atoms with Gasteiger partial charge in [-0.15, -0.1) is 0 Å². The van der Waals surface area contributed by atoms with E-state index in [1.165, 1.54) is 0 Å². The zero-order chi connectivity index (χ0) is 20.4. The minimum atomic E-state index is -0.195. The van der Waals surface area contributed by atoms with Gasteiger partial charge in [0.2, 0.25) is 5.95 Å². The smallest absolute Gasteiger partial charge is 0.272 e. The Bertz CT molecular complexity index is 1040. The van der Waals surface area contributed by atoms with Gasteiger partial charge >= 0.3 is 0 Å². The number of anilines is 2. The number of pyridine rings is 1. The van der Waals surface area contributed by atoms with Crippen molar-refractivity contribution >= 4 is 28.6 Å². The molecule has 0 aliphatic carbocycles. The van der Waals surface area contributed by atoms with Gasteiger partial charge in [-0.25, -0.2) is 4.98 Å². The van der Waals surface area contributed by atoms with Crippen LogP contribution in [-0.2, 0) is 13.2 Å². The first-order valence-corrected chi connectivity index (χ1v) is 9.36. The Morgan fingerprint density at radius 1 is 1.03 bits per heavy atom. The number of nitrogens with zero attached hydrogens (tertiary/aromatic N) is 5. The molecular formula is C20H22N6O3. The lowest BCUT2D eigenvalue weighted by atomic mass is 10.1. The summed E-state index contributed by atoms with van der Waals surface area (Å²) < 4.78 is 0. The van der Waals surface area contributed by atoms with Crippen LogP contribution < -0.4 is 10.6 Å². The monoisotopic (exact) mass is 394 g/mol. The van der Waals surface area contributed by atoms with E-state index >= 15 is 0 Å². The van der Waals surface area contributed by atoms with E-state index in [9.17, 15) is 15.0 Å². The van der Waals surface area contributed by atoms with Gasteiger partial charge in [0, 0.05) is 37.8 Å². The van der Waals surface area contributed by atoms with Gasteiger partial charge in [-0.05, 0) is 35.4 Å². The van der Waals surface area contributed by atoms with Crippen LogP contribution >= 0.6 is 0 Å². The van der Waals surface area contributed by atoms with Gasteiger partial charge in [0.05, 0.1) is 18.7 Å². The van der Waals surface area contributed by atoms with Gasteiger partial charge in [-0.1, -0.05) is 6.07 Å². The molecule has 4 rings (SSSR count). The third-order valence-electron chi connectivity index (χ3n) is 5.11. The van der Waals surface area contributed by atoms with Crippen molar-refractivity contribution in [3.63, 3.8) is 0 Å². The number of carbonyl (C=O) groups is 1. The van der Waals surface area contributed by atoms with Crippen molar-refractivity contribution in [3.05, 3.63) is 53.3 Å². The zero-order valence-electron chi connectivity index (χ0n) is 15.8. The quantitative estimate of drug-likeness (QED) is 0.585. The second-order valence-corrected chi connectivity index (χ2v) is 6.86. The maximum Gasteiger partial charge on any atom is 0.272 e. The third-order valence-corrected chi connectivity index (χ3v) is 5.11. The Balaban J connectivity index is 1.54. The molecule has 2 aromatic heterocycles. The minimum absolute atomic E-state index is 0.0895. The summed E-state index contributed by atoms with van der Waals surface area (Å²) in [5, 5.41) is 19.6. The lowest BCUT2D eigenvalue weighted by molar-refractivity contribution is 0.0740. The summed E-state index contributed by atoms with van der Waals surface area (Å²) in [5.41, 5.74) is 8.39. The fourth-order valence-electron chi connectivity index (χ4n) is 3.47. The molecule has 3 heterocycles. The maximum atomic E-state index is 12.6. The van der Waals surface area contributed by atoms with Crippen LogP contribution in [0, 0.1) is 0 Å². The highest BCUT2D eigenvalue weighted by Gasteiger charge is 2.24. The van der Waals surface area contributed by atoms with Crippen molar-refractivity contribution < 1.29 is 15.0 Å². The SMILES string of the molecule is Nc1nc(N2CCN(C(=O)c3ccccn3)CC2)nc2cc(CO)c(CO)cc12. The number of piperazine rings is 1. The van der Waals surface area contributed by atoms with Gasteiger partial charge in [0.25, 0.3) is 5.91 Å². The molecule has 0 bridgehead atoms. The van der Waals surface area contributed by atoms with Crippen LogP contribution in [0.5, 0.6) is 0 Å². The first-order valence-electron chi connectivity index (χ1n) is 9.36. The van der Waals surface area contributed by atoms with Crippen LogP contribution in [0.15, 0.2) is 36.5 Å². The van der Waals surface area contributed by atoms with E-state index in [1.54, 1.807) is 41.4 Å². The van der Waals surface area contributed by atoms with E-state index in [-0.39, 0.29) is 19.1 Å². The third kappa shape index (κ3) is 3.69. The van der Waals surface area contributed by atoms with Crippen molar-refractivity contribution in [2.24, 2.45) is 0 Å². The number of nitrogen functional groups attached to an aromatic ring is 1. The number of hydrogen-bond donors (Lipinski definition) is 3. The molecule has 9 nitrogen and oxygen atoms in total. The molecule has 1 saturated heterocycles. The molecule has 0 saturated carbocycles. The number of amides is 1. The molecule has 0 atom stereocenters. The second-order valence-electron chi connectivity index (χ2n) is 6.86. The van der Waals surface area contributed by atoms with E-state index in [4.69, 9.17) is 5.73 Å². The molecule has 9 heteroatoms. The number of aliphatic hydroxyl groups is 2. The Kier molecular flexibility index (Phi) is 5.24. The number of carbonyl (C=O) groups excluding carboxylic acids is 1. The van der Waals surface area contributed by atoms with Crippen molar-refractivity contribution in [2.75, 3.05) is 36.8 Å². The Morgan fingerprint density at radius 3 is 2.41 bits per heavy atom. The molecule has 1 amide bonds. The fraction of sp³-hybridized carbons (Fsp3) is 0.300. The lowest BCUT2D eigenvalue weighted by Gasteiger charge is -2.34. The summed E-state index contributed by atoms with van der Waals surface area (Å²) >= 11 is 0. The summed E-state index contributed by atoms with van der Waals surface area (Å²) in [6.45, 7) is 1.82. The van der Waals surface area contributed by atoms with E-state index < -0.39 is 0 Å². The number of fused-ring (bicyclic) bond motifs is 1. The van der Waals surface area contributed by atoms with Crippen molar-refractivity contribution in [2.45, 2.75) is 13.2 Å². The summed E-state index contributed by atoms with van der Waals surface area (Å²) in [6, 6.07) is 8.72. The van der Waals surface area contributed by atoms with E-state index in [1.807, 2.05) is 4.90 Å². The van der Waals surface area contributed by atoms with Crippen LogP contribution in [0.25, 0.3) is 10.9 Å². The number of aliphatic hydroxyl groups excluding tert-OH is 2. The molecule has 150 valence electrons. The Labute approximate surface area is 167 Å². The highest BCUT2D eigenvalue weighted by molar-refractivity contribution is 5.92. The lowest BCUT2D eigenvalue weighted by Crippen LogP contribution is -2.49. The first-order chi connectivity index (χ1) is 14.1. The number of rotatable bonds is 4. The summed E-state index contributed by atoms with van der Waals surface area (Å²) in [5.74, 6) is 0.713. The van der Waals surface area contributed by atoms with Crippen LogP contribution in [0.3, 0.4) is 0 Å². The van der Waals surface area contributed by atoms with Crippen molar-refractivity contribution in [3.8, 4) is 0 Å². The van der Waals surface area contributed by atoms with E-state index in [0.29, 0.717) is 65.7 Å². The molecule has 1 fully saturated rings. The number of hydrogen-bond acceptors (Lipinski definition) is 8. The topological polar surface area (TPSA) is 129 Å². The highest BCUT2D eigenvalue weighted by atomic mass is 16.3. The zero-order valence-corrected chi connectivity index (χ0v) is 15.8. The van der Waals surface area contributed by atoms with Crippen LogP contribution in [0.2, 0.25) is 0 Å². The van der Waals surface area contributed by atoms with Crippen LogP contribution in [-0.4, -0.2) is 62.2 Å². The molecule has 0 spiro atoms. The number of benzene rings is 1. The Hall–Kier alpha value is -3.30. The second kappa shape index (κ2) is 7.98. The van der Waals surface area contributed by atoms with Gasteiger partial charge in [0.1, 0.15) is 11.5 Å². The average molecular weight is 394 g/mol. The predicted octanol–water partition coefficient (Wildman–Crippen LogP) is 0.554. The van der Waals surface area contributed by atoms with E-state index in [2.05, 4.69) is 15.0 Å². The minimum Gasteiger partial charge on any atom is -0.392 e. The molecule has 0 unspecified atom stereocenters. The number of aromatic nitrogens is 3. The normalized spacial score (nSPS) is 14.4. The first kappa shape index (κ1) is 19.0. The average Bonchev–Trinajstić information content (AvgIpc) is 2.78. The van der Waals surface area contributed by atoms with Crippen molar-refractivity contribution in [1.82, 2.24) is 19.9 Å². The molecule has 3 aromatic rings. The van der Waals surface area contributed by atoms with Crippen molar-refractivity contribution in [1.29, 1.82) is 0 Å².